The number of ether oxygens (including phenoxy) is 1. The first-order valence-electron chi connectivity index (χ1n) is 7.00. The molecule has 1 N–H and O–H groups in total. The second-order valence-corrected chi connectivity index (χ2v) is 4.88. The van der Waals surface area contributed by atoms with E-state index >= 15 is 0 Å². The van der Waals surface area contributed by atoms with Crippen LogP contribution in [0, 0.1) is 11.3 Å². The predicted molar refractivity (Wildman–Crippen MR) is 80.9 cm³/mol. The Morgan fingerprint density at radius 2 is 1.91 bits per heavy atom. The van der Waals surface area contributed by atoms with Crippen LogP contribution in [-0.2, 0) is 9.53 Å². The number of nitrogens with one attached hydrogen (secondary N) is 1. The van der Waals surface area contributed by atoms with E-state index in [-0.39, 0.29) is 11.5 Å². The number of rotatable bonds is 4. The molecule has 1 aliphatic rings. The number of amides is 1. The molecule has 0 radical (unpaired) electrons. The summed E-state index contributed by atoms with van der Waals surface area (Å²) < 4.78 is 4.48. The van der Waals surface area contributed by atoms with Gasteiger partial charge in [-0.15, -0.1) is 0 Å². The normalized spacial score (nSPS) is 14.4. The zero-order valence-corrected chi connectivity index (χ0v) is 12.3. The molecule has 0 unspecified atom stereocenters. The SMILES string of the molecule is COC(=O)/C(C#N)=C\Nc1ccc(C(=O)N2CCCC2)cc1. The van der Waals surface area contributed by atoms with E-state index in [1.54, 1.807) is 30.3 Å². The van der Waals surface area contributed by atoms with Crippen LogP contribution in [0.5, 0.6) is 0 Å². The zero-order valence-electron chi connectivity index (χ0n) is 12.3. The molecule has 1 aromatic rings. The minimum atomic E-state index is -0.698. The summed E-state index contributed by atoms with van der Waals surface area (Å²) in [5.74, 6) is -0.664. The molecule has 0 bridgehead atoms. The molecule has 2 rings (SSSR count). The van der Waals surface area contributed by atoms with Gasteiger partial charge in [-0.3, -0.25) is 4.79 Å². The Bertz CT molecular complexity index is 623. The number of nitriles is 1. The third-order valence-corrected chi connectivity index (χ3v) is 3.43. The highest BCUT2D eigenvalue weighted by molar-refractivity contribution is 5.95. The van der Waals surface area contributed by atoms with Crippen LogP contribution in [0.2, 0.25) is 0 Å². The first kappa shape index (κ1) is 15.6. The molecule has 22 heavy (non-hydrogen) atoms. The number of likely N-dealkylation sites (tertiary alicyclic amines) is 1. The van der Waals surface area contributed by atoms with Gasteiger partial charge in [0.2, 0.25) is 0 Å². The zero-order chi connectivity index (χ0) is 15.9. The van der Waals surface area contributed by atoms with Crippen molar-refractivity contribution in [2.24, 2.45) is 0 Å². The fourth-order valence-electron chi connectivity index (χ4n) is 2.21. The second-order valence-electron chi connectivity index (χ2n) is 4.88. The van der Waals surface area contributed by atoms with E-state index in [9.17, 15) is 9.59 Å². The van der Waals surface area contributed by atoms with Crippen LogP contribution in [0.15, 0.2) is 36.0 Å². The number of esters is 1. The lowest BCUT2D eigenvalue weighted by molar-refractivity contribution is -0.135. The van der Waals surface area contributed by atoms with Crippen molar-refractivity contribution >= 4 is 17.6 Å². The lowest BCUT2D eigenvalue weighted by Gasteiger charge is -2.15. The number of hydrogen-bond donors (Lipinski definition) is 1. The van der Waals surface area contributed by atoms with E-state index in [2.05, 4.69) is 10.1 Å². The number of nitrogens with zero attached hydrogens (tertiary/aromatic N) is 2. The van der Waals surface area contributed by atoms with Gasteiger partial charge in [-0.2, -0.15) is 5.26 Å². The van der Waals surface area contributed by atoms with Gasteiger partial charge >= 0.3 is 5.97 Å². The molecule has 6 nitrogen and oxygen atoms in total. The second kappa shape index (κ2) is 7.27. The maximum absolute atomic E-state index is 12.2. The molecule has 6 heteroatoms. The number of hydrogen-bond acceptors (Lipinski definition) is 5. The van der Waals surface area contributed by atoms with E-state index in [0.717, 1.165) is 25.9 Å². The minimum absolute atomic E-state index is 0.0341. The van der Waals surface area contributed by atoms with Crippen molar-refractivity contribution in [3.8, 4) is 6.07 Å². The van der Waals surface area contributed by atoms with Crippen LogP contribution in [0.1, 0.15) is 23.2 Å². The minimum Gasteiger partial charge on any atom is -0.465 e. The molecule has 1 fully saturated rings. The van der Waals surface area contributed by atoms with Crippen molar-refractivity contribution in [2.75, 3.05) is 25.5 Å². The largest absolute Gasteiger partial charge is 0.465 e. The van der Waals surface area contributed by atoms with E-state index in [0.29, 0.717) is 11.3 Å². The van der Waals surface area contributed by atoms with E-state index in [1.807, 2.05) is 4.90 Å². The molecule has 1 heterocycles. The smallest absolute Gasteiger partial charge is 0.350 e. The molecular weight excluding hydrogens is 282 g/mol. The van der Waals surface area contributed by atoms with Gasteiger partial charge in [0.15, 0.2) is 5.57 Å². The number of methoxy groups -OCH3 is 1. The van der Waals surface area contributed by atoms with Crippen LogP contribution >= 0.6 is 0 Å². The summed E-state index contributed by atoms with van der Waals surface area (Å²) in [5.41, 5.74) is 1.18. The van der Waals surface area contributed by atoms with Gasteiger partial charge in [-0.25, -0.2) is 4.79 Å². The molecule has 0 saturated carbocycles. The molecule has 0 atom stereocenters. The molecule has 0 aliphatic carbocycles. The first-order valence-corrected chi connectivity index (χ1v) is 7.00. The van der Waals surface area contributed by atoms with Gasteiger partial charge in [-0.05, 0) is 37.1 Å². The monoisotopic (exact) mass is 299 g/mol. The molecule has 1 aliphatic heterocycles. The fraction of sp³-hybridized carbons (Fsp3) is 0.312. The highest BCUT2D eigenvalue weighted by atomic mass is 16.5. The summed E-state index contributed by atoms with van der Waals surface area (Å²) in [6, 6.07) is 8.66. The first-order chi connectivity index (χ1) is 10.7. The number of anilines is 1. The number of carbonyl (C=O) groups is 2. The van der Waals surface area contributed by atoms with Crippen LogP contribution in [-0.4, -0.2) is 37.0 Å². The Hall–Kier alpha value is -2.81. The van der Waals surface area contributed by atoms with Crippen LogP contribution < -0.4 is 5.32 Å². The molecule has 0 spiro atoms. The van der Waals surface area contributed by atoms with Crippen molar-refractivity contribution in [1.82, 2.24) is 4.90 Å². The van der Waals surface area contributed by atoms with E-state index in [1.165, 1.54) is 13.3 Å². The lowest BCUT2D eigenvalue weighted by atomic mass is 10.2. The quantitative estimate of drug-likeness (QED) is 0.522. The van der Waals surface area contributed by atoms with E-state index < -0.39 is 5.97 Å². The summed E-state index contributed by atoms with van der Waals surface area (Å²) in [6.07, 6.45) is 3.39. The summed E-state index contributed by atoms with van der Waals surface area (Å²) in [6.45, 7) is 1.62. The Kier molecular flexibility index (Phi) is 5.15. The van der Waals surface area contributed by atoms with Gasteiger partial charge in [0, 0.05) is 30.5 Å². The Morgan fingerprint density at radius 3 is 2.45 bits per heavy atom. The lowest BCUT2D eigenvalue weighted by Crippen LogP contribution is -2.27. The van der Waals surface area contributed by atoms with E-state index in [4.69, 9.17) is 5.26 Å². The topological polar surface area (TPSA) is 82.4 Å². The highest BCUT2D eigenvalue weighted by Gasteiger charge is 2.19. The van der Waals surface area contributed by atoms with Crippen molar-refractivity contribution in [1.29, 1.82) is 5.26 Å². The van der Waals surface area contributed by atoms with Gasteiger partial charge in [0.25, 0.3) is 5.91 Å². The molecule has 1 aromatic carbocycles. The summed E-state index contributed by atoms with van der Waals surface area (Å²) in [5, 5.41) is 11.7. The highest BCUT2D eigenvalue weighted by Crippen LogP contribution is 2.15. The van der Waals surface area contributed by atoms with Crippen molar-refractivity contribution in [3.05, 3.63) is 41.6 Å². The Labute approximate surface area is 129 Å². The van der Waals surface area contributed by atoms with Crippen molar-refractivity contribution in [3.63, 3.8) is 0 Å². The fourth-order valence-corrected chi connectivity index (χ4v) is 2.21. The molecular formula is C16H17N3O3. The van der Waals surface area contributed by atoms with Crippen LogP contribution in [0.3, 0.4) is 0 Å². The summed E-state index contributed by atoms with van der Waals surface area (Å²) in [7, 11) is 1.21. The Morgan fingerprint density at radius 1 is 1.27 bits per heavy atom. The summed E-state index contributed by atoms with van der Waals surface area (Å²) in [4.78, 5) is 25.3. The van der Waals surface area contributed by atoms with Gasteiger partial charge in [0.05, 0.1) is 7.11 Å². The average Bonchev–Trinajstić information content (AvgIpc) is 3.09. The van der Waals surface area contributed by atoms with Crippen molar-refractivity contribution in [2.45, 2.75) is 12.8 Å². The maximum Gasteiger partial charge on any atom is 0.350 e. The average molecular weight is 299 g/mol. The van der Waals surface area contributed by atoms with Gasteiger partial charge < -0.3 is 15.0 Å². The summed E-state index contributed by atoms with van der Waals surface area (Å²) >= 11 is 0. The molecule has 0 aromatic heterocycles. The Balaban J connectivity index is 2.03. The number of carbonyl (C=O) groups excluding carboxylic acids is 2. The molecule has 114 valence electrons. The van der Waals surface area contributed by atoms with Gasteiger partial charge in [0.1, 0.15) is 6.07 Å². The third-order valence-electron chi connectivity index (χ3n) is 3.43. The van der Waals surface area contributed by atoms with Crippen LogP contribution in [0.4, 0.5) is 5.69 Å². The molecule has 1 amide bonds. The number of benzene rings is 1. The van der Waals surface area contributed by atoms with Gasteiger partial charge in [-0.1, -0.05) is 0 Å². The predicted octanol–water partition coefficient (Wildman–Crippen LogP) is 1.91. The standard InChI is InChI=1S/C16H17N3O3/c1-22-16(21)13(10-17)11-18-14-6-4-12(5-7-14)15(20)19-8-2-3-9-19/h4-7,11,18H,2-3,8-9H2,1H3/b13-11-. The van der Waals surface area contributed by atoms with Crippen LogP contribution in [0.25, 0.3) is 0 Å². The van der Waals surface area contributed by atoms with Crippen molar-refractivity contribution < 1.29 is 14.3 Å². The molecule has 1 saturated heterocycles. The maximum atomic E-state index is 12.2. The third kappa shape index (κ3) is 3.64.